The van der Waals surface area contributed by atoms with Crippen LogP contribution in [0.2, 0.25) is 0 Å². The number of rotatable bonds is 6. The van der Waals surface area contributed by atoms with Gasteiger partial charge < -0.3 is 4.90 Å². The van der Waals surface area contributed by atoms with Gasteiger partial charge in [0.1, 0.15) is 10.0 Å². The van der Waals surface area contributed by atoms with E-state index in [4.69, 9.17) is 0 Å². The largest absolute Gasteiger partial charge is 0.308 e. The van der Waals surface area contributed by atoms with Gasteiger partial charge >= 0.3 is 0 Å². The van der Waals surface area contributed by atoms with Crippen molar-refractivity contribution in [2.75, 3.05) is 9.62 Å². The van der Waals surface area contributed by atoms with Crippen molar-refractivity contribution < 1.29 is 17.6 Å². The Balaban J connectivity index is 1.98. The molecule has 0 bridgehead atoms. The van der Waals surface area contributed by atoms with Crippen molar-refractivity contribution >= 4 is 38.6 Å². The molecule has 0 spiro atoms. The van der Waals surface area contributed by atoms with E-state index in [1.165, 1.54) is 41.4 Å². The van der Waals surface area contributed by atoms with Crippen molar-refractivity contribution in [1.82, 2.24) is 0 Å². The molecule has 1 saturated carbocycles. The lowest BCUT2D eigenvalue weighted by Gasteiger charge is -2.24. The molecule has 3 rings (SSSR count). The van der Waals surface area contributed by atoms with Crippen molar-refractivity contribution in [3.63, 3.8) is 0 Å². The second-order valence-electron chi connectivity index (χ2n) is 5.96. The van der Waals surface area contributed by atoms with Crippen LogP contribution in [0.5, 0.6) is 0 Å². The second-order valence-corrected chi connectivity index (χ2v) is 9.04. The van der Waals surface area contributed by atoms with E-state index in [2.05, 4.69) is 4.72 Å². The van der Waals surface area contributed by atoms with Crippen LogP contribution in [0, 0.1) is 5.82 Å². The molecule has 0 unspecified atom stereocenters. The molecule has 1 N–H and O–H groups in total. The van der Waals surface area contributed by atoms with Gasteiger partial charge in [-0.25, -0.2) is 12.8 Å². The first-order valence-electron chi connectivity index (χ1n) is 8.02. The third-order valence-corrected chi connectivity index (χ3v) is 7.05. The fourth-order valence-electron chi connectivity index (χ4n) is 2.64. The maximum Gasteiger partial charge on any atom is 0.271 e. The summed E-state index contributed by atoms with van der Waals surface area (Å²) in [7, 11) is -3.84. The first kappa shape index (κ1) is 17.9. The first-order chi connectivity index (χ1) is 11.8. The summed E-state index contributed by atoms with van der Waals surface area (Å²) in [6, 6.07) is 7.12. The number of hydrogen-bond donors (Lipinski definition) is 1. The highest BCUT2D eigenvalue weighted by molar-refractivity contribution is 7.94. The van der Waals surface area contributed by atoms with Crippen LogP contribution in [0.25, 0.3) is 0 Å². The minimum absolute atomic E-state index is 0.0413. The molecule has 134 valence electrons. The number of carbonyl (C=O) groups is 1. The van der Waals surface area contributed by atoms with Crippen LogP contribution in [0.3, 0.4) is 0 Å². The number of halogens is 1. The Kier molecular flexibility index (Phi) is 4.83. The maximum atomic E-state index is 13.7. The summed E-state index contributed by atoms with van der Waals surface area (Å²) in [6.07, 6.45) is 2.45. The Morgan fingerprint density at radius 3 is 2.60 bits per heavy atom. The van der Waals surface area contributed by atoms with E-state index >= 15 is 0 Å². The fourth-order valence-corrected chi connectivity index (χ4v) is 5.00. The van der Waals surface area contributed by atoms with Crippen LogP contribution in [0.1, 0.15) is 31.6 Å². The molecule has 2 aromatic rings. The molecule has 5 nitrogen and oxygen atoms in total. The molecule has 1 aliphatic carbocycles. The lowest BCUT2D eigenvalue weighted by atomic mass is 10.2. The molecule has 0 saturated heterocycles. The molecule has 1 fully saturated rings. The van der Waals surface area contributed by atoms with Gasteiger partial charge in [0.05, 0.1) is 11.4 Å². The number of nitrogens with one attached hydrogen (secondary N) is 1. The first-order valence-corrected chi connectivity index (χ1v) is 10.3. The minimum atomic E-state index is -3.84. The summed E-state index contributed by atoms with van der Waals surface area (Å²) in [6.45, 7) is 3.37. The summed E-state index contributed by atoms with van der Waals surface area (Å²) >= 11 is 1.18. The van der Waals surface area contributed by atoms with Crippen molar-refractivity contribution in [1.29, 1.82) is 0 Å². The van der Waals surface area contributed by atoms with Gasteiger partial charge in [-0.15, -0.1) is 11.3 Å². The molecule has 1 aliphatic rings. The topological polar surface area (TPSA) is 66.5 Å². The summed E-state index contributed by atoms with van der Waals surface area (Å²) in [5, 5.41) is 0. The van der Waals surface area contributed by atoms with Gasteiger partial charge in [0.15, 0.2) is 0 Å². The summed E-state index contributed by atoms with van der Waals surface area (Å²) in [5.41, 5.74) is 0.459. The lowest BCUT2D eigenvalue weighted by molar-refractivity contribution is -0.116. The number of nitrogens with zero attached hydrogens (tertiary/aromatic N) is 1. The number of hydrogen-bond acceptors (Lipinski definition) is 4. The number of benzene rings is 1. The van der Waals surface area contributed by atoms with Gasteiger partial charge in [0, 0.05) is 23.9 Å². The Morgan fingerprint density at radius 1 is 1.32 bits per heavy atom. The molecular formula is C17H19FN2O3S2. The van der Waals surface area contributed by atoms with Crippen molar-refractivity contribution in [3.05, 3.63) is 41.0 Å². The van der Waals surface area contributed by atoms with Gasteiger partial charge in [-0.3, -0.25) is 9.52 Å². The zero-order valence-electron chi connectivity index (χ0n) is 14.0. The number of carbonyl (C=O) groups excluding carboxylic acids is 1. The van der Waals surface area contributed by atoms with E-state index in [-0.39, 0.29) is 21.8 Å². The number of aryl methyl sites for hydroxylation is 1. The molecule has 1 aromatic heterocycles. The second kappa shape index (κ2) is 6.76. The van der Waals surface area contributed by atoms with Crippen LogP contribution in [-0.2, 0) is 21.2 Å². The SMILES string of the molecule is CCc1ccc(S(=O)(=O)Nc2cc(F)ccc2N(C(C)=O)C2CC2)s1. The van der Waals surface area contributed by atoms with Crippen molar-refractivity contribution in [3.8, 4) is 0 Å². The Hall–Kier alpha value is -1.93. The van der Waals surface area contributed by atoms with E-state index in [0.29, 0.717) is 5.69 Å². The third kappa shape index (κ3) is 3.85. The van der Waals surface area contributed by atoms with Crippen LogP contribution >= 0.6 is 11.3 Å². The van der Waals surface area contributed by atoms with Gasteiger partial charge in [-0.2, -0.15) is 0 Å². The highest BCUT2D eigenvalue weighted by atomic mass is 32.2. The molecule has 25 heavy (non-hydrogen) atoms. The highest BCUT2D eigenvalue weighted by Gasteiger charge is 2.34. The molecule has 0 aliphatic heterocycles. The summed E-state index contributed by atoms with van der Waals surface area (Å²) in [5.74, 6) is -0.764. The quantitative estimate of drug-likeness (QED) is 0.827. The number of thiophene rings is 1. The molecular weight excluding hydrogens is 363 g/mol. The number of anilines is 2. The molecule has 1 amide bonds. The Labute approximate surface area is 150 Å². The molecule has 8 heteroatoms. The Morgan fingerprint density at radius 2 is 2.04 bits per heavy atom. The zero-order valence-corrected chi connectivity index (χ0v) is 15.6. The van der Waals surface area contributed by atoms with Gasteiger partial charge in [0.25, 0.3) is 10.0 Å². The van der Waals surface area contributed by atoms with Gasteiger partial charge in [-0.05, 0) is 43.5 Å². The smallest absolute Gasteiger partial charge is 0.271 e. The predicted octanol–water partition coefficient (Wildman–Crippen LogP) is 3.77. The zero-order chi connectivity index (χ0) is 18.2. The molecule has 0 atom stereocenters. The highest BCUT2D eigenvalue weighted by Crippen LogP contribution is 2.37. The van der Waals surface area contributed by atoms with Crippen molar-refractivity contribution in [2.24, 2.45) is 0 Å². The van der Waals surface area contributed by atoms with E-state index in [1.807, 2.05) is 6.92 Å². The number of amides is 1. The summed E-state index contributed by atoms with van der Waals surface area (Å²) < 4.78 is 41.6. The van der Waals surface area contributed by atoms with Crippen LogP contribution < -0.4 is 9.62 Å². The monoisotopic (exact) mass is 382 g/mol. The average Bonchev–Trinajstić information content (AvgIpc) is 3.23. The molecule has 0 radical (unpaired) electrons. The van der Waals surface area contributed by atoms with Crippen LogP contribution in [-0.4, -0.2) is 20.4 Å². The standard InChI is InChI=1S/C17H19FN2O3S2/c1-3-14-7-9-17(24-14)25(22,23)19-15-10-12(18)4-8-16(15)20(11(2)21)13-5-6-13/h4,7-10,13,19H,3,5-6H2,1-2H3. The van der Waals surface area contributed by atoms with E-state index in [9.17, 15) is 17.6 Å². The van der Waals surface area contributed by atoms with Crippen LogP contribution in [0.15, 0.2) is 34.5 Å². The molecule has 1 heterocycles. The van der Waals surface area contributed by atoms with E-state index in [1.54, 1.807) is 6.07 Å². The predicted molar refractivity (Wildman–Crippen MR) is 97.1 cm³/mol. The fraction of sp³-hybridized carbons (Fsp3) is 0.353. The summed E-state index contributed by atoms with van der Waals surface area (Å²) in [4.78, 5) is 14.5. The van der Waals surface area contributed by atoms with E-state index < -0.39 is 15.8 Å². The lowest BCUT2D eigenvalue weighted by Crippen LogP contribution is -2.31. The van der Waals surface area contributed by atoms with E-state index in [0.717, 1.165) is 30.2 Å². The van der Waals surface area contributed by atoms with Crippen LogP contribution in [0.4, 0.5) is 15.8 Å². The van der Waals surface area contributed by atoms with Gasteiger partial charge in [0.2, 0.25) is 5.91 Å². The third-order valence-electron chi connectivity index (χ3n) is 3.96. The van der Waals surface area contributed by atoms with Crippen molar-refractivity contribution in [2.45, 2.75) is 43.4 Å². The minimum Gasteiger partial charge on any atom is -0.308 e. The number of sulfonamides is 1. The molecule has 1 aromatic carbocycles. The maximum absolute atomic E-state index is 13.7. The normalized spacial score (nSPS) is 14.4. The van der Waals surface area contributed by atoms with Gasteiger partial charge in [-0.1, -0.05) is 6.92 Å². The average molecular weight is 382 g/mol. The Bertz CT molecular complexity index is 904.